The molecule has 5 nitrogen and oxygen atoms in total. The van der Waals surface area contributed by atoms with E-state index in [0.29, 0.717) is 16.9 Å². The first kappa shape index (κ1) is 19.8. The van der Waals surface area contributed by atoms with Gasteiger partial charge in [0.15, 0.2) is 5.65 Å². The molecule has 0 radical (unpaired) electrons. The summed E-state index contributed by atoms with van der Waals surface area (Å²) in [7, 11) is 0. The van der Waals surface area contributed by atoms with Crippen LogP contribution in [0.1, 0.15) is 35.0 Å². The zero-order chi connectivity index (χ0) is 21.1. The first-order valence-corrected chi connectivity index (χ1v) is 9.97. The third kappa shape index (κ3) is 4.08. The standard InChI is InChI=1S/C24H23FN4O/c1-16(8-9-18-6-4-3-5-7-18)28-24(30)21-14-26-23-22(15-27-29(23)17(21)2)19-10-12-20(25)13-11-19/h3-7,10-16H,8-9H2,1-2H3,(H,28,30). The van der Waals surface area contributed by atoms with Gasteiger partial charge in [-0.1, -0.05) is 42.5 Å². The molecule has 4 rings (SSSR count). The van der Waals surface area contributed by atoms with Crippen LogP contribution in [0.3, 0.4) is 0 Å². The van der Waals surface area contributed by atoms with Gasteiger partial charge >= 0.3 is 0 Å². The van der Waals surface area contributed by atoms with Crippen molar-refractivity contribution in [2.45, 2.75) is 32.7 Å². The minimum Gasteiger partial charge on any atom is -0.349 e. The Balaban J connectivity index is 1.50. The molecule has 30 heavy (non-hydrogen) atoms. The van der Waals surface area contributed by atoms with Crippen molar-refractivity contribution in [3.05, 3.63) is 89.6 Å². The van der Waals surface area contributed by atoms with Crippen LogP contribution in [0.5, 0.6) is 0 Å². The van der Waals surface area contributed by atoms with Gasteiger partial charge in [0.2, 0.25) is 0 Å². The molecule has 0 fully saturated rings. The summed E-state index contributed by atoms with van der Waals surface area (Å²) in [5.41, 5.74) is 4.70. The number of carbonyl (C=O) groups is 1. The van der Waals surface area contributed by atoms with Crippen molar-refractivity contribution in [1.29, 1.82) is 0 Å². The Kier molecular flexibility index (Phi) is 5.57. The van der Waals surface area contributed by atoms with E-state index in [9.17, 15) is 9.18 Å². The predicted octanol–water partition coefficient (Wildman–Crippen LogP) is 4.59. The summed E-state index contributed by atoms with van der Waals surface area (Å²) < 4.78 is 14.9. The highest BCUT2D eigenvalue weighted by Gasteiger charge is 2.17. The van der Waals surface area contributed by atoms with E-state index >= 15 is 0 Å². The van der Waals surface area contributed by atoms with Crippen LogP contribution in [0.15, 0.2) is 67.0 Å². The molecular formula is C24H23FN4O. The zero-order valence-electron chi connectivity index (χ0n) is 17.0. The van der Waals surface area contributed by atoms with Crippen LogP contribution in [-0.4, -0.2) is 26.5 Å². The number of benzene rings is 2. The third-order valence-electron chi connectivity index (χ3n) is 5.25. The second-order valence-corrected chi connectivity index (χ2v) is 7.46. The molecule has 1 unspecified atom stereocenters. The van der Waals surface area contributed by atoms with Gasteiger partial charge in [-0.3, -0.25) is 4.79 Å². The number of aryl methyl sites for hydroxylation is 2. The molecule has 4 aromatic rings. The Morgan fingerprint density at radius 2 is 1.83 bits per heavy atom. The van der Waals surface area contributed by atoms with Gasteiger partial charge in [0.05, 0.1) is 17.5 Å². The molecule has 0 aliphatic carbocycles. The maximum Gasteiger partial charge on any atom is 0.254 e. The average Bonchev–Trinajstić information content (AvgIpc) is 3.19. The maximum atomic E-state index is 13.2. The Hall–Kier alpha value is -3.54. The smallest absolute Gasteiger partial charge is 0.254 e. The quantitative estimate of drug-likeness (QED) is 0.513. The molecule has 2 aromatic carbocycles. The molecular weight excluding hydrogens is 379 g/mol. The van der Waals surface area contributed by atoms with Gasteiger partial charge in [0.25, 0.3) is 5.91 Å². The largest absolute Gasteiger partial charge is 0.349 e. The van der Waals surface area contributed by atoms with Crippen molar-refractivity contribution in [2.75, 3.05) is 0 Å². The molecule has 1 N–H and O–H groups in total. The normalized spacial score (nSPS) is 12.1. The lowest BCUT2D eigenvalue weighted by atomic mass is 10.1. The molecule has 0 bridgehead atoms. The Labute approximate surface area is 174 Å². The van der Waals surface area contributed by atoms with E-state index in [4.69, 9.17) is 0 Å². The third-order valence-corrected chi connectivity index (χ3v) is 5.25. The first-order chi connectivity index (χ1) is 14.5. The Bertz CT molecular complexity index is 1170. The van der Waals surface area contributed by atoms with E-state index in [0.717, 1.165) is 24.0 Å². The average molecular weight is 402 g/mol. The summed E-state index contributed by atoms with van der Waals surface area (Å²) in [4.78, 5) is 17.3. The summed E-state index contributed by atoms with van der Waals surface area (Å²) in [6, 6.07) is 16.4. The van der Waals surface area contributed by atoms with Crippen molar-refractivity contribution < 1.29 is 9.18 Å². The number of hydrogen-bond acceptors (Lipinski definition) is 3. The van der Waals surface area contributed by atoms with Gasteiger partial charge in [0, 0.05) is 17.8 Å². The molecule has 1 atom stereocenters. The summed E-state index contributed by atoms with van der Waals surface area (Å²) in [5.74, 6) is -0.457. The minimum absolute atomic E-state index is 0.0280. The van der Waals surface area contributed by atoms with Gasteiger partial charge in [-0.05, 0) is 49.9 Å². The second kappa shape index (κ2) is 8.45. The molecule has 1 amide bonds. The summed E-state index contributed by atoms with van der Waals surface area (Å²) in [5, 5.41) is 7.45. The van der Waals surface area contributed by atoms with Crippen molar-refractivity contribution in [2.24, 2.45) is 0 Å². The van der Waals surface area contributed by atoms with E-state index in [1.54, 1.807) is 29.0 Å². The van der Waals surface area contributed by atoms with Gasteiger partial charge in [-0.15, -0.1) is 0 Å². The van der Waals surface area contributed by atoms with Crippen LogP contribution in [-0.2, 0) is 6.42 Å². The number of amides is 1. The maximum absolute atomic E-state index is 13.2. The van der Waals surface area contributed by atoms with E-state index < -0.39 is 0 Å². The molecule has 2 heterocycles. The fourth-order valence-electron chi connectivity index (χ4n) is 3.50. The molecule has 0 saturated heterocycles. The van der Waals surface area contributed by atoms with E-state index in [2.05, 4.69) is 27.5 Å². The molecule has 152 valence electrons. The highest BCUT2D eigenvalue weighted by atomic mass is 19.1. The van der Waals surface area contributed by atoms with Crippen molar-refractivity contribution in [3.8, 4) is 11.1 Å². The van der Waals surface area contributed by atoms with Crippen LogP contribution >= 0.6 is 0 Å². The number of rotatable bonds is 6. The summed E-state index contributed by atoms with van der Waals surface area (Å²) >= 11 is 0. The van der Waals surface area contributed by atoms with Crippen molar-refractivity contribution >= 4 is 11.6 Å². The number of nitrogens with one attached hydrogen (secondary N) is 1. The lowest BCUT2D eigenvalue weighted by Crippen LogP contribution is -2.33. The van der Waals surface area contributed by atoms with Gasteiger partial charge in [0.1, 0.15) is 5.82 Å². The Morgan fingerprint density at radius 3 is 2.57 bits per heavy atom. The van der Waals surface area contributed by atoms with E-state index in [-0.39, 0.29) is 17.8 Å². The van der Waals surface area contributed by atoms with Gasteiger partial charge < -0.3 is 5.32 Å². The van der Waals surface area contributed by atoms with Gasteiger partial charge in [-0.2, -0.15) is 5.10 Å². The van der Waals surface area contributed by atoms with Crippen molar-refractivity contribution in [1.82, 2.24) is 19.9 Å². The van der Waals surface area contributed by atoms with Crippen molar-refractivity contribution in [3.63, 3.8) is 0 Å². The molecule has 0 aliphatic rings. The number of nitrogens with zero attached hydrogens (tertiary/aromatic N) is 3. The number of aromatic nitrogens is 3. The minimum atomic E-state index is -0.292. The van der Waals surface area contributed by atoms with Crippen LogP contribution in [0.4, 0.5) is 4.39 Å². The number of carbonyl (C=O) groups excluding carboxylic acids is 1. The van der Waals surface area contributed by atoms with Crippen LogP contribution in [0.2, 0.25) is 0 Å². The lowest BCUT2D eigenvalue weighted by molar-refractivity contribution is 0.0936. The molecule has 0 aliphatic heterocycles. The SMILES string of the molecule is Cc1c(C(=O)NC(C)CCc2ccccc2)cnc2c(-c3ccc(F)cc3)cnn12. The highest BCUT2D eigenvalue weighted by molar-refractivity contribution is 5.95. The second-order valence-electron chi connectivity index (χ2n) is 7.46. The zero-order valence-corrected chi connectivity index (χ0v) is 17.0. The summed E-state index contributed by atoms with van der Waals surface area (Å²) in [6.07, 6.45) is 5.02. The van der Waals surface area contributed by atoms with E-state index in [1.807, 2.05) is 32.0 Å². The number of hydrogen-bond donors (Lipinski definition) is 1. The Morgan fingerprint density at radius 1 is 1.10 bits per heavy atom. The fourth-order valence-corrected chi connectivity index (χ4v) is 3.50. The summed E-state index contributed by atoms with van der Waals surface area (Å²) in [6.45, 7) is 3.85. The fraction of sp³-hybridized carbons (Fsp3) is 0.208. The number of fused-ring (bicyclic) bond motifs is 1. The molecule has 0 saturated carbocycles. The van der Waals surface area contributed by atoms with E-state index in [1.165, 1.54) is 17.7 Å². The monoisotopic (exact) mass is 402 g/mol. The first-order valence-electron chi connectivity index (χ1n) is 9.97. The molecule has 0 spiro atoms. The van der Waals surface area contributed by atoms with Crippen LogP contribution < -0.4 is 5.32 Å². The van der Waals surface area contributed by atoms with Crippen LogP contribution in [0.25, 0.3) is 16.8 Å². The van der Waals surface area contributed by atoms with Crippen LogP contribution in [0, 0.1) is 12.7 Å². The van der Waals surface area contributed by atoms with Gasteiger partial charge in [-0.25, -0.2) is 13.9 Å². The number of halogens is 1. The highest BCUT2D eigenvalue weighted by Crippen LogP contribution is 2.24. The molecule has 6 heteroatoms. The lowest BCUT2D eigenvalue weighted by Gasteiger charge is -2.15. The molecule has 2 aromatic heterocycles. The topological polar surface area (TPSA) is 59.3 Å². The predicted molar refractivity (Wildman–Crippen MR) is 115 cm³/mol.